The summed E-state index contributed by atoms with van der Waals surface area (Å²) in [7, 11) is 0. The summed E-state index contributed by atoms with van der Waals surface area (Å²) < 4.78 is 17.3. The first kappa shape index (κ1) is 11.7. The summed E-state index contributed by atoms with van der Waals surface area (Å²) in [5.74, 6) is -2.29. The van der Waals surface area contributed by atoms with Gasteiger partial charge in [-0.05, 0) is 28.1 Å². The van der Waals surface area contributed by atoms with Crippen LogP contribution in [0, 0.1) is 0 Å². The largest absolute Gasteiger partial charge is 0.480 e. The molecule has 1 amide bonds. The molecule has 0 aliphatic heterocycles. The van der Waals surface area contributed by atoms with Crippen molar-refractivity contribution in [2.45, 2.75) is 6.04 Å². The first-order valence-corrected chi connectivity index (χ1v) is 4.69. The van der Waals surface area contributed by atoms with Crippen LogP contribution in [-0.4, -0.2) is 29.7 Å². The summed E-state index contributed by atoms with van der Waals surface area (Å²) in [6.45, 7) is -1.18. The molecule has 2 N–H and O–H groups in total. The van der Waals surface area contributed by atoms with Crippen LogP contribution >= 0.6 is 15.9 Å². The molecule has 5 nitrogen and oxygen atoms in total. The molecule has 0 aromatic carbocycles. The summed E-state index contributed by atoms with van der Waals surface area (Å²) in [5, 5.41) is 10.4. The van der Waals surface area contributed by atoms with Crippen molar-refractivity contribution in [3.05, 3.63) is 22.6 Å². The number of carbonyl (C=O) groups is 2. The molecule has 0 aliphatic carbocycles. The van der Waals surface area contributed by atoms with Crippen molar-refractivity contribution in [3.63, 3.8) is 0 Å². The van der Waals surface area contributed by atoms with E-state index in [1.165, 1.54) is 12.1 Å². The maximum Gasteiger partial charge on any atom is 0.328 e. The van der Waals surface area contributed by atoms with Gasteiger partial charge in [-0.25, -0.2) is 9.18 Å². The first-order valence-electron chi connectivity index (χ1n) is 3.89. The van der Waals surface area contributed by atoms with Crippen molar-refractivity contribution in [2.75, 3.05) is 6.67 Å². The van der Waals surface area contributed by atoms with Crippen LogP contribution in [0.1, 0.15) is 10.6 Å². The summed E-state index contributed by atoms with van der Waals surface area (Å²) in [4.78, 5) is 21.7. The Hall–Kier alpha value is -1.37. The smallest absolute Gasteiger partial charge is 0.328 e. The number of carboxylic acids is 1. The fraction of sp³-hybridized carbons (Fsp3) is 0.250. The van der Waals surface area contributed by atoms with Crippen LogP contribution in [-0.2, 0) is 4.79 Å². The van der Waals surface area contributed by atoms with E-state index in [0.717, 1.165) is 0 Å². The zero-order valence-electron chi connectivity index (χ0n) is 7.37. The molecule has 0 aliphatic rings. The van der Waals surface area contributed by atoms with E-state index in [-0.39, 0.29) is 5.76 Å². The van der Waals surface area contributed by atoms with E-state index < -0.39 is 24.6 Å². The number of hydrogen-bond acceptors (Lipinski definition) is 3. The van der Waals surface area contributed by atoms with E-state index in [9.17, 15) is 14.0 Å². The SMILES string of the molecule is O=C(NC(CF)C(=O)O)c1ccc(Br)o1. The third-order valence-electron chi connectivity index (χ3n) is 1.55. The van der Waals surface area contributed by atoms with Gasteiger partial charge in [0, 0.05) is 0 Å². The molecule has 82 valence electrons. The third kappa shape index (κ3) is 3.05. The van der Waals surface area contributed by atoms with E-state index in [0.29, 0.717) is 4.67 Å². The fourth-order valence-electron chi connectivity index (χ4n) is 0.832. The van der Waals surface area contributed by atoms with Gasteiger partial charge < -0.3 is 14.8 Å². The number of halogens is 2. The van der Waals surface area contributed by atoms with Crippen molar-refractivity contribution in [3.8, 4) is 0 Å². The van der Waals surface area contributed by atoms with Crippen LogP contribution in [0.5, 0.6) is 0 Å². The fourth-order valence-corrected chi connectivity index (χ4v) is 1.14. The number of carbonyl (C=O) groups excluding carboxylic acids is 1. The van der Waals surface area contributed by atoms with Crippen molar-refractivity contribution in [1.82, 2.24) is 5.32 Å². The number of hydrogen-bond donors (Lipinski definition) is 2. The predicted octanol–water partition coefficient (Wildman–Crippen LogP) is 1.19. The Morgan fingerprint density at radius 1 is 1.60 bits per heavy atom. The van der Waals surface area contributed by atoms with Gasteiger partial charge in [-0.1, -0.05) is 0 Å². The number of nitrogens with one attached hydrogen (secondary N) is 1. The van der Waals surface area contributed by atoms with E-state index in [2.05, 4.69) is 15.9 Å². The highest BCUT2D eigenvalue weighted by molar-refractivity contribution is 9.10. The number of carboxylic acid groups (broad SMARTS) is 1. The Bertz CT molecular complexity index is 378. The quantitative estimate of drug-likeness (QED) is 0.868. The normalized spacial score (nSPS) is 12.1. The summed E-state index contributed by atoms with van der Waals surface area (Å²) in [6, 6.07) is 1.26. The lowest BCUT2D eigenvalue weighted by atomic mass is 10.3. The first-order chi connectivity index (χ1) is 7.04. The van der Waals surface area contributed by atoms with E-state index in [1.807, 2.05) is 5.32 Å². The van der Waals surface area contributed by atoms with E-state index >= 15 is 0 Å². The van der Waals surface area contributed by atoms with Gasteiger partial charge in [-0.15, -0.1) is 0 Å². The van der Waals surface area contributed by atoms with E-state index in [4.69, 9.17) is 9.52 Å². The lowest BCUT2D eigenvalue weighted by Gasteiger charge is -2.08. The molecule has 1 aromatic heterocycles. The number of amides is 1. The molecule has 0 spiro atoms. The molecule has 0 fully saturated rings. The lowest BCUT2D eigenvalue weighted by Crippen LogP contribution is -2.42. The molecule has 0 saturated heterocycles. The molecule has 7 heteroatoms. The Balaban J connectivity index is 2.66. The molecule has 0 radical (unpaired) electrons. The second-order valence-corrected chi connectivity index (χ2v) is 3.40. The number of alkyl halides is 1. The van der Waals surface area contributed by atoms with E-state index in [1.54, 1.807) is 0 Å². The predicted molar refractivity (Wildman–Crippen MR) is 51.3 cm³/mol. The Kier molecular flexibility index (Phi) is 3.84. The Morgan fingerprint density at radius 2 is 2.27 bits per heavy atom. The minimum Gasteiger partial charge on any atom is -0.480 e. The molecular formula is C8H7BrFNO4. The zero-order chi connectivity index (χ0) is 11.4. The lowest BCUT2D eigenvalue weighted by molar-refractivity contribution is -0.139. The number of rotatable bonds is 4. The molecule has 15 heavy (non-hydrogen) atoms. The van der Waals surface area contributed by atoms with Crippen LogP contribution in [0.25, 0.3) is 0 Å². The molecule has 1 atom stereocenters. The Labute approximate surface area is 92.4 Å². The molecule has 0 saturated carbocycles. The number of aliphatic carboxylic acids is 1. The van der Waals surface area contributed by atoms with Gasteiger partial charge in [0.2, 0.25) is 0 Å². The summed E-state index contributed by atoms with van der Waals surface area (Å²) >= 11 is 2.98. The standard InChI is InChI=1S/C8H7BrFNO4/c9-6-2-1-5(15-6)7(12)11-4(3-10)8(13)14/h1-2,4H,3H2,(H,11,12)(H,13,14). The van der Waals surface area contributed by atoms with Crippen LogP contribution in [0.2, 0.25) is 0 Å². The number of furan rings is 1. The van der Waals surface area contributed by atoms with Gasteiger partial charge in [-0.2, -0.15) is 0 Å². The average molecular weight is 280 g/mol. The molecular weight excluding hydrogens is 273 g/mol. The van der Waals surface area contributed by atoms with Crippen molar-refractivity contribution >= 4 is 27.8 Å². The van der Waals surface area contributed by atoms with Crippen molar-refractivity contribution < 1.29 is 23.5 Å². The van der Waals surface area contributed by atoms with Crippen molar-refractivity contribution in [2.24, 2.45) is 0 Å². The van der Waals surface area contributed by atoms with Gasteiger partial charge in [0.05, 0.1) is 0 Å². The van der Waals surface area contributed by atoms with Crippen LogP contribution in [0.3, 0.4) is 0 Å². The van der Waals surface area contributed by atoms with Gasteiger partial charge in [0.15, 0.2) is 16.5 Å². The van der Waals surface area contributed by atoms with Crippen LogP contribution in [0.4, 0.5) is 4.39 Å². The van der Waals surface area contributed by atoms with Gasteiger partial charge in [0.25, 0.3) is 5.91 Å². The molecule has 1 rings (SSSR count). The second-order valence-electron chi connectivity index (χ2n) is 2.62. The molecule has 0 bridgehead atoms. The summed E-state index contributed by atoms with van der Waals surface area (Å²) in [5.41, 5.74) is 0. The van der Waals surface area contributed by atoms with Crippen LogP contribution < -0.4 is 5.32 Å². The van der Waals surface area contributed by atoms with Crippen molar-refractivity contribution in [1.29, 1.82) is 0 Å². The molecule has 1 heterocycles. The monoisotopic (exact) mass is 279 g/mol. The highest BCUT2D eigenvalue weighted by Crippen LogP contribution is 2.13. The van der Waals surface area contributed by atoms with Gasteiger partial charge in [0.1, 0.15) is 6.67 Å². The van der Waals surface area contributed by atoms with Gasteiger partial charge >= 0.3 is 5.97 Å². The second kappa shape index (κ2) is 4.92. The Morgan fingerprint density at radius 3 is 2.67 bits per heavy atom. The topological polar surface area (TPSA) is 79.5 Å². The maximum atomic E-state index is 12.2. The highest BCUT2D eigenvalue weighted by atomic mass is 79.9. The average Bonchev–Trinajstić information content (AvgIpc) is 2.60. The van der Waals surface area contributed by atoms with Gasteiger partial charge in [-0.3, -0.25) is 4.79 Å². The minimum atomic E-state index is -1.55. The third-order valence-corrected chi connectivity index (χ3v) is 1.98. The zero-order valence-corrected chi connectivity index (χ0v) is 8.95. The molecule has 1 unspecified atom stereocenters. The minimum absolute atomic E-state index is 0.0819. The maximum absolute atomic E-state index is 12.2. The highest BCUT2D eigenvalue weighted by Gasteiger charge is 2.21. The summed E-state index contributed by atoms with van der Waals surface area (Å²) in [6.07, 6.45) is 0. The van der Waals surface area contributed by atoms with Crippen LogP contribution in [0.15, 0.2) is 21.2 Å². The molecule has 1 aromatic rings.